The van der Waals surface area contributed by atoms with Crippen LogP contribution in [0.2, 0.25) is 0 Å². The van der Waals surface area contributed by atoms with Crippen molar-refractivity contribution in [2.75, 3.05) is 6.61 Å². The summed E-state index contributed by atoms with van der Waals surface area (Å²) in [6.45, 7) is 6.41. The first-order chi connectivity index (χ1) is 7.22. The van der Waals surface area contributed by atoms with Crippen LogP contribution in [-0.4, -0.2) is 12.6 Å². The monoisotopic (exact) mass is 206 g/mol. The molecule has 82 valence electrons. The number of hydrogen-bond acceptors (Lipinski definition) is 2. The summed E-state index contributed by atoms with van der Waals surface area (Å²) in [5.74, 6) is -0.211. The lowest BCUT2D eigenvalue weighted by Gasteiger charge is -2.08. The second-order valence-electron chi connectivity index (χ2n) is 3.42. The highest BCUT2D eigenvalue weighted by Gasteiger charge is 2.11. The highest BCUT2D eigenvalue weighted by atomic mass is 16.5. The molecule has 0 bridgehead atoms. The van der Waals surface area contributed by atoms with Gasteiger partial charge in [-0.25, -0.2) is 4.79 Å². The average Bonchev–Trinajstić information content (AvgIpc) is 2.28. The largest absolute Gasteiger partial charge is 0.462 e. The van der Waals surface area contributed by atoms with Gasteiger partial charge in [0.15, 0.2) is 0 Å². The lowest BCUT2D eigenvalue weighted by molar-refractivity contribution is 0.0525. The van der Waals surface area contributed by atoms with Crippen molar-refractivity contribution in [2.45, 2.75) is 33.6 Å². The average molecular weight is 206 g/mol. The van der Waals surface area contributed by atoms with Gasteiger partial charge in [0.25, 0.3) is 0 Å². The number of carbonyl (C=O) groups excluding carboxylic acids is 1. The number of benzene rings is 1. The van der Waals surface area contributed by atoms with E-state index in [4.69, 9.17) is 4.74 Å². The summed E-state index contributed by atoms with van der Waals surface area (Å²) < 4.78 is 5.00. The fourth-order valence-corrected chi connectivity index (χ4v) is 1.57. The van der Waals surface area contributed by atoms with E-state index in [9.17, 15) is 4.79 Å². The number of rotatable bonds is 4. The lowest BCUT2D eigenvalue weighted by Crippen LogP contribution is -2.08. The van der Waals surface area contributed by atoms with Crippen LogP contribution < -0.4 is 0 Å². The van der Waals surface area contributed by atoms with Gasteiger partial charge in [-0.15, -0.1) is 0 Å². The van der Waals surface area contributed by atoms with E-state index in [1.54, 1.807) is 0 Å². The Labute approximate surface area is 91.3 Å². The van der Waals surface area contributed by atoms with Gasteiger partial charge in [0, 0.05) is 0 Å². The zero-order valence-electron chi connectivity index (χ0n) is 9.67. The van der Waals surface area contributed by atoms with Crippen molar-refractivity contribution >= 4 is 5.97 Å². The minimum Gasteiger partial charge on any atom is -0.462 e. The summed E-state index contributed by atoms with van der Waals surface area (Å²) in [6, 6.07) is 5.95. The molecule has 1 aromatic rings. The Hall–Kier alpha value is -1.31. The molecule has 0 spiro atoms. The molecule has 0 aliphatic rings. The molecule has 1 aromatic carbocycles. The number of aryl methyl sites for hydroxylation is 2. The highest BCUT2D eigenvalue weighted by molar-refractivity contribution is 5.91. The molecule has 0 aliphatic heterocycles. The third-order valence-corrected chi connectivity index (χ3v) is 2.45. The van der Waals surface area contributed by atoms with Gasteiger partial charge < -0.3 is 4.74 Å². The number of carbonyl (C=O) groups is 1. The van der Waals surface area contributed by atoms with Gasteiger partial charge in [0.05, 0.1) is 12.2 Å². The highest BCUT2D eigenvalue weighted by Crippen LogP contribution is 2.14. The Morgan fingerprint density at radius 1 is 1.20 bits per heavy atom. The normalized spacial score (nSPS) is 10.1. The molecular formula is C13H18O2. The maximum absolute atomic E-state index is 11.6. The van der Waals surface area contributed by atoms with Crippen molar-refractivity contribution in [3.8, 4) is 0 Å². The van der Waals surface area contributed by atoms with Crippen molar-refractivity contribution in [1.82, 2.24) is 0 Å². The molecule has 0 heterocycles. The SMILES string of the molecule is CCOC(=O)c1ccc(CC)cc1CC. The Kier molecular flexibility index (Phi) is 4.35. The van der Waals surface area contributed by atoms with Gasteiger partial charge in [-0.05, 0) is 37.0 Å². The van der Waals surface area contributed by atoms with Crippen molar-refractivity contribution in [3.05, 3.63) is 34.9 Å². The van der Waals surface area contributed by atoms with Gasteiger partial charge in [0.2, 0.25) is 0 Å². The molecule has 0 amide bonds. The van der Waals surface area contributed by atoms with E-state index < -0.39 is 0 Å². The van der Waals surface area contributed by atoms with E-state index in [0.29, 0.717) is 12.2 Å². The Morgan fingerprint density at radius 3 is 2.47 bits per heavy atom. The second kappa shape index (κ2) is 5.54. The van der Waals surface area contributed by atoms with Gasteiger partial charge >= 0.3 is 5.97 Å². The maximum Gasteiger partial charge on any atom is 0.338 e. The fraction of sp³-hybridized carbons (Fsp3) is 0.462. The first-order valence-electron chi connectivity index (χ1n) is 5.51. The Morgan fingerprint density at radius 2 is 1.93 bits per heavy atom. The van der Waals surface area contributed by atoms with Crippen LogP contribution in [0.4, 0.5) is 0 Å². The third kappa shape index (κ3) is 2.82. The third-order valence-electron chi connectivity index (χ3n) is 2.45. The van der Waals surface area contributed by atoms with Crippen LogP contribution in [0.5, 0.6) is 0 Å². The van der Waals surface area contributed by atoms with Crippen molar-refractivity contribution in [3.63, 3.8) is 0 Å². The van der Waals surface area contributed by atoms with Crippen LogP contribution in [0.3, 0.4) is 0 Å². The fourth-order valence-electron chi connectivity index (χ4n) is 1.57. The molecule has 0 radical (unpaired) electrons. The predicted molar refractivity (Wildman–Crippen MR) is 61.2 cm³/mol. The standard InChI is InChI=1S/C13H18O2/c1-4-10-7-8-12(11(5-2)9-10)13(14)15-6-3/h7-9H,4-6H2,1-3H3. The number of hydrogen-bond donors (Lipinski definition) is 0. The predicted octanol–water partition coefficient (Wildman–Crippen LogP) is 2.99. The molecule has 0 saturated carbocycles. The molecular weight excluding hydrogens is 188 g/mol. The molecule has 0 aromatic heterocycles. The van der Waals surface area contributed by atoms with Crippen molar-refractivity contribution in [2.24, 2.45) is 0 Å². The maximum atomic E-state index is 11.6. The van der Waals surface area contributed by atoms with Crippen LogP contribution >= 0.6 is 0 Å². The summed E-state index contributed by atoms with van der Waals surface area (Å²) in [5, 5.41) is 0. The first kappa shape index (κ1) is 11.8. The molecule has 2 nitrogen and oxygen atoms in total. The molecule has 0 N–H and O–H groups in total. The Balaban J connectivity index is 3.02. The minimum atomic E-state index is -0.211. The lowest BCUT2D eigenvalue weighted by atomic mass is 10.0. The molecule has 0 saturated heterocycles. The summed E-state index contributed by atoms with van der Waals surface area (Å²) in [7, 11) is 0. The van der Waals surface area contributed by atoms with E-state index in [1.807, 2.05) is 19.1 Å². The summed E-state index contributed by atoms with van der Waals surface area (Å²) >= 11 is 0. The first-order valence-corrected chi connectivity index (χ1v) is 5.51. The van der Waals surface area contributed by atoms with E-state index >= 15 is 0 Å². The van der Waals surface area contributed by atoms with E-state index in [1.165, 1.54) is 5.56 Å². The minimum absolute atomic E-state index is 0.211. The van der Waals surface area contributed by atoms with E-state index in [2.05, 4.69) is 19.9 Å². The van der Waals surface area contributed by atoms with Gasteiger partial charge in [-0.2, -0.15) is 0 Å². The second-order valence-corrected chi connectivity index (χ2v) is 3.42. The molecule has 0 aliphatic carbocycles. The van der Waals surface area contributed by atoms with Crippen molar-refractivity contribution in [1.29, 1.82) is 0 Å². The van der Waals surface area contributed by atoms with Crippen LogP contribution in [0.25, 0.3) is 0 Å². The summed E-state index contributed by atoms with van der Waals surface area (Å²) in [6.07, 6.45) is 1.86. The zero-order valence-corrected chi connectivity index (χ0v) is 9.67. The topological polar surface area (TPSA) is 26.3 Å². The molecule has 0 atom stereocenters. The smallest absolute Gasteiger partial charge is 0.338 e. The Bertz CT molecular complexity index is 342. The van der Waals surface area contributed by atoms with Gasteiger partial charge in [-0.1, -0.05) is 26.0 Å². The van der Waals surface area contributed by atoms with Gasteiger partial charge in [-0.3, -0.25) is 0 Å². The molecule has 1 rings (SSSR count). The molecule has 15 heavy (non-hydrogen) atoms. The molecule has 2 heteroatoms. The van der Waals surface area contributed by atoms with Crippen LogP contribution in [0.15, 0.2) is 18.2 Å². The number of ether oxygens (including phenoxy) is 1. The number of esters is 1. The molecule has 0 fully saturated rings. The van der Waals surface area contributed by atoms with E-state index in [0.717, 1.165) is 18.4 Å². The van der Waals surface area contributed by atoms with Crippen LogP contribution in [0.1, 0.15) is 42.3 Å². The molecule has 0 unspecified atom stereocenters. The quantitative estimate of drug-likeness (QED) is 0.708. The van der Waals surface area contributed by atoms with E-state index in [-0.39, 0.29) is 5.97 Å². The summed E-state index contributed by atoms with van der Waals surface area (Å²) in [5.41, 5.74) is 3.05. The van der Waals surface area contributed by atoms with Gasteiger partial charge in [0.1, 0.15) is 0 Å². The zero-order chi connectivity index (χ0) is 11.3. The summed E-state index contributed by atoms with van der Waals surface area (Å²) in [4.78, 5) is 11.6. The van der Waals surface area contributed by atoms with Crippen molar-refractivity contribution < 1.29 is 9.53 Å². The van der Waals surface area contributed by atoms with Crippen LogP contribution in [0, 0.1) is 0 Å². The van der Waals surface area contributed by atoms with Crippen LogP contribution in [-0.2, 0) is 17.6 Å².